The molecule has 0 aliphatic heterocycles. The van der Waals surface area contributed by atoms with Gasteiger partial charge in [-0.2, -0.15) is 0 Å². The molecule has 0 saturated heterocycles. The van der Waals surface area contributed by atoms with Gasteiger partial charge in [-0.3, -0.25) is 4.79 Å². The minimum atomic E-state index is 0.143. The zero-order valence-electron chi connectivity index (χ0n) is 10.9. The van der Waals surface area contributed by atoms with Crippen LogP contribution in [0, 0.1) is 6.92 Å². The lowest BCUT2D eigenvalue weighted by Gasteiger charge is -2.01. The first-order valence-corrected chi connectivity index (χ1v) is 6.99. The van der Waals surface area contributed by atoms with Gasteiger partial charge in [0.1, 0.15) is 0 Å². The van der Waals surface area contributed by atoms with E-state index in [9.17, 15) is 4.79 Å². The molecule has 0 spiro atoms. The minimum Gasteiger partial charge on any atom is -0.289 e. The average molecular weight is 256 g/mol. The molecule has 1 nitrogen and oxygen atoms in total. The van der Waals surface area contributed by atoms with Crippen molar-refractivity contribution in [2.24, 2.45) is 0 Å². The topological polar surface area (TPSA) is 17.1 Å². The standard InChI is InChI=1S/C14H10OS.C2H6/c1-9-6-7-11-13(8-9)16-12-5-3-2-4-10(12)14(11)15;1-2/h2-8H,1H3;1-2H3. The van der Waals surface area contributed by atoms with Crippen molar-refractivity contribution < 1.29 is 0 Å². The van der Waals surface area contributed by atoms with Crippen LogP contribution in [-0.2, 0) is 0 Å². The Balaban J connectivity index is 0.000000574. The van der Waals surface area contributed by atoms with Crippen LogP contribution in [0.2, 0.25) is 0 Å². The Morgan fingerprint density at radius 1 is 0.889 bits per heavy atom. The molecule has 0 N–H and O–H groups in total. The number of benzene rings is 2. The summed E-state index contributed by atoms with van der Waals surface area (Å²) in [5.41, 5.74) is 1.34. The summed E-state index contributed by atoms with van der Waals surface area (Å²) in [6.45, 7) is 6.05. The van der Waals surface area contributed by atoms with Crippen LogP contribution >= 0.6 is 11.3 Å². The fourth-order valence-electron chi connectivity index (χ4n) is 1.91. The van der Waals surface area contributed by atoms with Crippen molar-refractivity contribution in [1.29, 1.82) is 0 Å². The van der Waals surface area contributed by atoms with Gasteiger partial charge in [0.2, 0.25) is 0 Å². The third-order valence-corrected chi connectivity index (χ3v) is 3.87. The number of fused-ring (bicyclic) bond motifs is 2. The highest BCUT2D eigenvalue weighted by Gasteiger charge is 2.04. The SMILES string of the molecule is CC.Cc1ccc2c(=O)c3ccccc3sc2c1. The van der Waals surface area contributed by atoms with E-state index in [4.69, 9.17) is 0 Å². The first-order chi connectivity index (χ1) is 8.75. The van der Waals surface area contributed by atoms with Gasteiger partial charge in [0.05, 0.1) is 0 Å². The maximum atomic E-state index is 12.2. The smallest absolute Gasteiger partial charge is 0.195 e. The Morgan fingerprint density at radius 2 is 1.56 bits per heavy atom. The van der Waals surface area contributed by atoms with E-state index >= 15 is 0 Å². The summed E-state index contributed by atoms with van der Waals surface area (Å²) in [5, 5.41) is 1.65. The van der Waals surface area contributed by atoms with Crippen molar-refractivity contribution in [2.75, 3.05) is 0 Å². The average Bonchev–Trinajstić information content (AvgIpc) is 2.41. The van der Waals surface area contributed by atoms with E-state index in [-0.39, 0.29) is 5.43 Å². The molecule has 0 unspecified atom stereocenters. The van der Waals surface area contributed by atoms with Crippen molar-refractivity contribution in [3.05, 3.63) is 58.3 Å². The Labute approximate surface area is 111 Å². The fourth-order valence-corrected chi connectivity index (χ4v) is 3.08. The molecule has 0 aliphatic carbocycles. The predicted molar refractivity (Wildman–Crippen MR) is 81.7 cm³/mol. The molecule has 18 heavy (non-hydrogen) atoms. The molecule has 1 heterocycles. The van der Waals surface area contributed by atoms with Crippen molar-refractivity contribution >= 4 is 31.5 Å². The van der Waals surface area contributed by atoms with Crippen LogP contribution in [0.5, 0.6) is 0 Å². The second-order valence-electron chi connectivity index (χ2n) is 3.93. The Kier molecular flexibility index (Phi) is 3.78. The van der Waals surface area contributed by atoms with Gasteiger partial charge < -0.3 is 0 Å². The number of hydrogen-bond acceptors (Lipinski definition) is 2. The molecule has 0 aliphatic rings. The summed E-state index contributed by atoms with van der Waals surface area (Å²) in [4.78, 5) is 12.2. The zero-order chi connectivity index (χ0) is 13.1. The monoisotopic (exact) mass is 256 g/mol. The molecule has 2 heteroatoms. The van der Waals surface area contributed by atoms with Crippen LogP contribution in [0.1, 0.15) is 19.4 Å². The predicted octanol–water partition coefficient (Wildman–Crippen LogP) is 4.75. The number of rotatable bonds is 0. The van der Waals surface area contributed by atoms with Crippen LogP contribution < -0.4 is 5.43 Å². The molecule has 0 atom stereocenters. The summed E-state index contributed by atoms with van der Waals surface area (Å²) in [6.07, 6.45) is 0. The van der Waals surface area contributed by atoms with Gasteiger partial charge in [0.25, 0.3) is 0 Å². The Hall–Kier alpha value is -1.67. The minimum absolute atomic E-state index is 0.143. The maximum Gasteiger partial charge on any atom is 0.195 e. The van der Waals surface area contributed by atoms with Crippen molar-refractivity contribution in [2.45, 2.75) is 20.8 Å². The lowest BCUT2D eigenvalue weighted by Crippen LogP contribution is -2.00. The van der Waals surface area contributed by atoms with E-state index in [0.29, 0.717) is 0 Å². The fraction of sp³-hybridized carbons (Fsp3) is 0.188. The molecule has 3 rings (SSSR count). The molecular weight excluding hydrogens is 240 g/mol. The van der Waals surface area contributed by atoms with Crippen LogP contribution in [0.3, 0.4) is 0 Å². The maximum absolute atomic E-state index is 12.2. The lowest BCUT2D eigenvalue weighted by molar-refractivity contribution is 1.50. The number of hydrogen-bond donors (Lipinski definition) is 0. The highest BCUT2D eigenvalue weighted by Crippen LogP contribution is 2.24. The van der Waals surface area contributed by atoms with Gasteiger partial charge in [-0.1, -0.05) is 32.0 Å². The van der Waals surface area contributed by atoms with E-state index in [1.165, 1.54) is 5.56 Å². The van der Waals surface area contributed by atoms with Crippen LogP contribution in [0.4, 0.5) is 0 Å². The Morgan fingerprint density at radius 3 is 2.33 bits per heavy atom. The summed E-state index contributed by atoms with van der Waals surface area (Å²) in [6, 6.07) is 13.8. The molecule has 0 bridgehead atoms. The molecule has 0 amide bonds. The van der Waals surface area contributed by atoms with Gasteiger partial charge in [-0.15, -0.1) is 11.3 Å². The van der Waals surface area contributed by atoms with Gasteiger partial charge in [-0.25, -0.2) is 0 Å². The van der Waals surface area contributed by atoms with E-state index in [2.05, 4.69) is 6.07 Å². The molecular formula is C16H16OS. The van der Waals surface area contributed by atoms with E-state index in [1.54, 1.807) is 11.3 Å². The Bertz CT molecular complexity index is 741. The third kappa shape index (κ3) is 2.16. The van der Waals surface area contributed by atoms with Crippen LogP contribution in [0.25, 0.3) is 20.2 Å². The summed E-state index contributed by atoms with van der Waals surface area (Å²) >= 11 is 1.68. The van der Waals surface area contributed by atoms with Gasteiger partial charge in [0.15, 0.2) is 5.43 Å². The second-order valence-corrected chi connectivity index (χ2v) is 5.01. The first-order valence-electron chi connectivity index (χ1n) is 6.18. The van der Waals surface area contributed by atoms with Gasteiger partial charge in [-0.05, 0) is 36.8 Å². The van der Waals surface area contributed by atoms with E-state index < -0.39 is 0 Å². The van der Waals surface area contributed by atoms with Crippen molar-refractivity contribution in [1.82, 2.24) is 0 Å². The molecule has 2 aromatic carbocycles. The largest absolute Gasteiger partial charge is 0.289 e. The second kappa shape index (κ2) is 5.32. The lowest BCUT2D eigenvalue weighted by atomic mass is 10.1. The first kappa shape index (κ1) is 12.8. The third-order valence-electron chi connectivity index (χ3n) is 2.73. The van der Waals surface area contributed by atoms with E-state index in [0.717, 1.165) is 20.2 Å². The quantitative estimate of drug-likeness (QED) is 0.530. The summed E-state index contributed by atoms with van der Waals surface area (Å²) < 4.78 is 2.13. The highest BCUT2D eigenvalue weighted by molar-refractivity contribution is 7.24. The normalized spacial score (nSPS) is 10.2. The molecule has 0 radical (unpaired) electrons. The molecule has 0 fully saturated rings. The van der Waals surface area contributed by atoms with Gasteiger partial charge >= 0.3 is 0 Å². The van der Waals surface area contributed by atoms with Crippen molar-refractivity contribution in [3.8, 4) is 0 Å². The molecule has 1 aromatic heterocycles. The molecule has 3 aromatic rings. The van der Waals surface area contributed by atoms with Crippen LogP contribution in [0.15, 0.2) is 47.3 Å². The van der Waals surface area contributed by atoms with Crippen molar-refractivity contribution in [3.63, 3.8) is 0 Å². The summed E-state index contributed by atoms with van der Waals surface area (Å²) in [7, 11) is 0. The zero-order valence-corrected chi connectivity index (χ0v) is 11.7. The van der Waals surface area contributed by atoms with Crippen LogP contribution in [-0.4, -0.2) is 0 Å². The molecule has 92 valence electrons. The summed E-state index contributed by atoms with van der Waals surface area (Å²) in [5.74, 6) is 0. The number of aryl methyl sites for hydroxylation is 1. The van der Waals surface area contributed by atoms with E-state index in [1.807, 2.05) is 57.2 Å². The highest BCUT2D eigenvalue weighted by atomic mass is 32.1. The van der Waals surface area contributed by atoms with Gasteiger partial charge in [0, 0.05) is 20.2 Å². The molecule has 0 saturated carbocycles.